The summed E-state index contributed by atoms with van der Waals surface area (Å²) in [5, 5.41) is 6.34. The first-order chi connectivity index (χ1) is 8.25. The normalized spacial score (nSPS) is 10.7. The Morgan fingerprint density at radius 2 is 2.18 bits per heavy atom. The molecule has 1 aromatic heterocycles. The lowest BCUT2D eigenvalue weighted by Gasteiger charge is -2.06. The maximum atomic E-state index is 6.12. The number of benzene rings is 1. The van der Waals surface area contributed by atoms with Gasteiger partial charge in [-0.05, 0) is 41.6 Å². The van der Waals surface area contributed by atoms with Crippen LogP contribution < -0.4 is 5.32 Å². The van der Waals surface area contributed by atoms with Gasteiger partial charge in [-0.3, -0.25) is 0 Å². The molecule has 0 saturated heterocycles. The molecular weight excluding hydrogens is 318 g/mol. The van der Waals surface area contributed by atoms with Crippen molar-refractivity contribution in [3.05, 3.63) is 55.6 Å². The second-order valence-electron chi connectivity index (χ2n) is 3.74. The van der Waals surface area contributed by atoms with Gasteiger partial charge in [-0.1, -0.05) is 33.6 Å². The average Bonchev–Trinajstić information content (AvgIpc) is 2.82. The SMILES string of the molecule is Clc1ccc(Br)cc1CNCCc1cccs1. The molecule has 1 aromatic carbocycles. The summed E-state index contributed by atoms with van der Waals surface area (Å²) in [5.74, 6) is 0. The van der Waals surface area contributed by atoms with E-state index in [0.717, 1.165) is 34.6 Å². The Bertz CT molecular complexity index is 470. The van der Waals surface area contributed by atoms with Crippen LogP contribution in [0.5, 0.6) is 0 Å². The van der Waals surface area contributed by atoms with E-state index in [-0.39, 0.29) is 0 Å². The van der Waals surface area contributed by atoms with Gasteiger partial charge in [0.15, 0.2) is 0 Å². The molecular formula is C13H13BrClNS. The third kappa shape index (κ3) is 4.11. The molecule has 1 heterocycles. The second-order valence-corrected chi connectivity index (χ2v) is 6.10. The summed E-state index contributed by atoms with van der Waals surface area (Å²) in [6.45, 7) is 1.78. The van der Waals surface area contributed by atoms with Crippen LogP contribution in [0.25, 0.3) is 0 Å². The maximum absolute atomic E-state index is 6.12. The van der Waals surface area contributed by atoms with Crippen LogP contribution in [0.15, 0.2) is 40.2 Å². The first-order valence-corrected chi connectivity index (χ1v) is 7.48. The van der Waals surface area contributed by atoms with Gasteiger partial charge in [0.25, 0.3) is 0 Å². The summed E-state index contributed by atoms with van der Waals surface area (Å²) in [6, 6.07) is 10.2. The van der Waals surface area contributed by atoms with E-state index in [0.29, 0.717) is 0 Å². The highest BCUT2D eigenvalue weighted by atomic mass is 79.9. The van der Waals surface area contributed by atoms with Gasteiger partial charge in [0.1, 0.15) is 0 Å². The van der Waals surface area contributed by atoms with Crippen LogP contribution in [0.4, 0.5) is 0 Å². The number of rotatable bonds is 5. The van der Waals surface area contributed by atoms with Crippen LogP contribution in [0.2, 0.25) is 5.02 Å². The summed E-state index contributed by atoms with van der Waals surface area (Å²) in [5.41, 5.74) is 1.13. The highest BCUT2D eigenvalue weighted by Crippen LogP contribution is 2.20. The number of halogens is 2. The molecule has 1 N–H and O–H groups in total. The van der Waals surface area contributed by atoms with Crippen molar-refractivity contribution in [1.82, 2.24) is 5.32 Å². The fourth-order valence-electron chi connectivity index (χ4n) is 1.57. The Labute approximate surface area is 119 Å². The molecule has 0 aliphatic heterocycles. The minimum atomic E-state index is 0.809. The molecule has 0 radical (unpaired) electrons. The van der Waals surface area contributed by atoms with Gasteiger partial charge in [0.2, 0.25) is 0 Å². The lowest BCUT2D eigenvalue weighted by molar-refractivity contribution is 0.690. The van der Waals surface area contributed by atoms with Crippen LogP contribution in [-0.2, 0) is 13.0 Å². The van der Waals surface area contributed by atoms with Crippen LogP contribution in [0.3, 0.4) is 0 Å². The Morgan fingerprint density at radius 3 is 2.94 bits per heavy atom. The van der Waals surface area contributed by atoms with Crippen LogP contribution in [-0.4, -0.2) is 6.54 Å². The first kappa shape index (κ1) is 13.1. The molecule has 0 bridgehead atoms. The Hall–Kier alpha value is -0.350. The van der Waals surface area contributed by atoms with E-state index in [1.54, 1.807) is 11.3 Å². The fourth-order valence-corrected chi connectivity index (χ4v) is 2.87. The van der Waals surface area contributed by atoms with E-state index in [4.69, 9.17) is 11.6 Å². The minimum absolute atomic E-state index is 0.809. The molecule has 0 amide bonds. The van der Waals surface area contributed by atoms with Gasteiger partial charge in [-0.2, -0.15) is 0 Å². The lowest BCUT2D eigenvalue weighted by Crippen LogP contribution is -2.16. The molecule has 0 aliphatic rings. The smallest absolute Gasteiger partial charge is 0.0451 e. The van der Waals surface area contributed by atoms with Crippen molar-refractivity contribution in [3.8, 4) is 0 Å². The highest BCUT2D eigenvalue weighted by molar-refractivity contribution is 9.10. The molecule has 0 aliphatic carbocycles. The molecule has 2 aromatic rings. The van der Waals surface area contributed by atoms with Gasteiger partial charge < -0.3 is 5.32 Å². The van der Waals surface area contributed by atoms with Gasteiger partial charge in [-0.25, -0.2) is 0 Å². The van der Waals surface area contributed by atoms with Gasteiger partial charge in [0.05, 0.1) is 0 Å². The fraction of sp³-hybridized carbons (Fsp3) is 0.231. The molecule has 4 heteroatoms. The predicted molar refractivity (Wildman–Crippen MR) is 78.9 cm³/mol. The molecule has 0 atom stereocenters. The molecule has 17 heavy (non-hydrogen) atoms. The average molecular weight is 331 g/mol. The molecule has 2 rings (SSSR count). The van der Waals surface area contributed by atoms with Crippen molar-refractivity contribution >= 4 is 38.9 Å². The van der Waals surface area contributed by atoms with E-state index >= 15 is 0 Å². The maximum Gasteiger partial charge on any atom is 0.0451 e. The quantitative estimate of drug-likeness (QED) is 0.796. The third-order valence-corrected chi connectivity index (χ3v) is 4.25. The van der Waals surface area contributed by atoms with Crippen molar-refractivity contribution in [2.24, 2.45) is 0 Å². The number of hydrogen-bond donors (Lipinski definition) is 1. The van der Waals surface area contributed by atoms with Gasteiger partial charge in [-0.15, -0.1) is 11.3 Å². The van der Waals surface area contributed by atoms with E-state index in [1.165, 1.54) is 4.88 Å². The Balaban J connectivity index is 1.80. The Morgan fingerprint density at radius 1 is 1.29 bits per heavy atom. The van der Waals surface area contributed by atoms with Crippen molar-refractivity contribution in [2.75, 3.05) is 6.54 Å². The van der Waals surface area contributed by atoms with Crippen molar-refractivity contribution in [1.29, 1.82) is 0 Å². The first-order valence-electron chi connectivity index (χ1n) is 5.43. The van der Waals surface area contributed by atoms with E-state index in [9.17, 15) is 0 Å². The second kappa shape index (κ2) is 6.55. The molecule has 0 fully saturated rings. The van der Waals surface area contributed by atoms with Crippen LogP contribution in [0.1, 0.15) is 10.4 Å². The lowest BCUT2D eigenvalue weighted by atomic mass is 10.2. The third-order valence-electron chi connectivity index (χ3n) is 2.45. The summed E-state index contributed by atoms with van der Waals surface area (Å²) >= 11 is 11.4. The van der Waals surface area contributed by atoms with Crippen LogP contribution in [0, 0.1) is 0 Å². The molecule has 1 nitrogen and oxygen atoms in total. The number of thiophene rings is 1. The van der Waals surface area contributed by atoms with E-state index < -0.39 is 0 Å². The summed E-state index contributed by atoms with van der Waals surface area (Å²) < 4.78 is 1.07. The largest absolute Gasteiger partial charge is 0.312 e. The van der Waals surface area contributed by atoms with E-state index in [1.807, 2.05) is 12.1 Å². The van der Waals surface area contributed by atoms with Gasteiger partial charge >= 0.3 is 0 Å². The Kier molecular flexibility index (Phi) is 5.04. The number of nitrogens with one attached hydrogen (secondary N) is 1. The van der Waals surface area contributed by atoms with E-state index in [2.05, 4.69) is 44.8 Å². The predicted octanol–water partition coefficient (Wildman–Crippen LogP) is 4.50. The molecule has 0 spiro atoms. The molecule has 90 valence electrons. The number of hydrogen-bond acceptors (Lipinski definition) is 2. The monoisotopic (exact) mass is 329 g/mol. The standard InChI is InChI=1S/C13H13BrClNS/c14-11-3-4-13(15)10(8-11)9-16-6-5-12-2-1-7-17-12/h1-4,7-8,16H,5-6,9H2. The zero-order valence-electron chi connectivity index (χ0n) is 9.25. The minimum Gasteiger partial charge on any atom is -0.312 e. The molecule has 0 saturated carbocycles. The van der Waals surface area contributed by atoms with Crippen molar-refractivity contribution in [3.63, 3.8) is 0 Å². The molecule has 0 unspecified atom stereocenters. The van der Waals surface area contributed by atoms with Crippen LogP contribution >= 0.6 is 38.9 Å². The highest BCUT2D eigenvalue weighted by Gasteiger charge is 2.00. The summed E-state index contributed by atoms with van der Waals surface area (Å²) in [6.07, 6.45) is 1.07. The zero-order chi connectivity index (χ0) is 12.1. The zero-order valence-corrected chi connectivity index (χ0v) is 12.4. The van der Waals surface area contributed by atoms with Crippen molar-refractivity contribution in [2.45, 2.75) is 13.0 Å². The van der Waals surface area contributed by atoms with Crippen molar-refractivity contribution < 1.29 is 0 Å². The summed E-state index contributed by atoms with van der Waals surface area (Å²) in [7, 11) is 0. The van der Waals surface area contributed by atoms with Gasteiger partial charge in [0, 0.05) is 27.5 Å². The topological polar surface area (TPSA) is 12.0 Å². The summed E-state index contributed by atoms with van der Waals surface area (Å²) in [4.78, 5) is 1.41.